The Kier molecular flexibility index (Phi) is 5.62. The Morgan fingerprint density at radius 1 is 1.56 bits per heavy atom. The number of rotatable bonds is 6. The molecule has 18 heavy (non-hydrogen) atoms. The minimum absolute atomic E-state index is 0.0876. The number of amidine groups is 1. The van der Waals surface area contributed by atoms with E-state index >= 15 is 0 Å². The zero-order valence-corrected chi connectivity index (χ0v) is 11.9. The second-order valence-corrected chi connectivity index (χ2v) is 5.35. The molecule has 3 nitrogen and oxygen atoms in total. The molecule has 0 radical (unpaired) electrons. The highest BCUT2D eigenvalue weighted by Gasteiger charge is 2.13. The van der Waals surface area contributed by atoms with Crippen LogP contribution in [0.1, 0.15) is 18.1 Å². The molecule has 0 bridgehead atoms. The Morgan fingerprint density at radius 3 is 2.78 bits per heavy atom. The molecule has 1 rings (SSSR count). The van der Waals surface area contributed by atoms with Gasteiger partial charge in [-0.2, -0.15) is 11.8 Å². The van der Waals surface area contributed by atoms with Gasteiger partial charge in [0.25, 0.3) is 0 Å². The van der Waals surface area contributed by atoms with Crippen molar-refractivity contribution < 1.29 is 4.39 Å². The summed E-state index contributed by atoms with van der Waals surface area (Å²) in [4.78, 5) is 2.18. The lowest BCUT2D eigenvalue weighted by molar-refractivity contribution is 0.269. The molecule has 1 unspecified atom stereocenters. The largest absolute Gasteiger partial charge is 0.384 e. The van der Waals surface area contributed by atoms with Crippen LogP contribution in [0, 0.1) is 11.2 Å². The summed E-state index contributed by atoms with van der Waals surface area (Å²) in [6.45, 7) is 2.81. The average Bonchev–Trinajstić information content (AvgIpc) is 2.31. The summed E-state index contributed by atoms with van der Waals surface area (Å²) in [5.41, 5.74) is 6.86. The van der Waals surface area contributed by atoms with Gasteiger partial charge in [-0.25, -0.2) is 4.39 Å². The maximum Gasteiger partial charge on any atom is 0.123 e. The second kappa shape index (κ2) is 6.75. The van der Waals surface area contributed by atoms with Crippen LogP contribution in [0.15, 0.2) is 18.2 Å². The van der Waals surface area contributed by atoms with Crippen molar-refractivity contribution in [2.45, 2.75) is 19.5 Å². The third kappa shape index (κ3) is 3.99. The lowest BCUT2D eigenvalue weighted by Gasteiger charge is -2.25. The molecule has 0 aliphatic carbocycles. The molecule has 1 aromatic rings. The summed E-state index contributed by atoms with van der Waals surface area (Å²) in [7, 11) is 2.02. The quantitative estimate of drug-likeness (QED) is 0.615. The molecule has 0 aliphatic heterocycles. The highest BCUT2D eigenvalue weighted by atomic mass is 32.2. The zero-order valence-electron chi connectivity index (χ0n) is 11.0. The first-order valence-electron chi connectivity index (χ1n) is 5.77. The van der Waals surface area contributed by atoms with Crippen LogP contribution in [-0.4, -0.2) is 35.8 Å². The Labute approximate surface area is 112 Å². The van der Waals surface area contributed by atoms with Crippen LogP contribution in [0.2, 0.25) is 0 Å². The predicted molar refractivity (Wildman–Crippen MR) is 76.7 cm³/mol. The SMILES string of the molecule is CSCC(C)N(C)Cc1ccc(F)cc1C(=N)N. The molecule has 1 aromatic carbocycles. The van der Waals surface area contributed by atoms with E-state index in [-0.39, 0.29) is 11.7 Å². The minimum Gasteiger partial charge on any atom is -0.384 e. The molecule has 0 heterocycles. The Hall–Kier alpha value is -1.07. The van der Waals surface area contributed by atoms with Crippen molar-refractivity contribution in [3.05, 3.63) is 35.1 Å². The van der Waals surface area contributed by atoms with Gasteiger partial charge < -0.3 is 5.73 Å². The van der Waals surface area contributed by atoms with Gasteiger partial charge in [0.2, 0.25) is 0 Å². The normalized spacial score (nSPS) is 12.7. The molecule has 0 saturated carbocycles. The van der Waals surface area contributed by atoms with Gasteiger partial charge in [-0.3, -0.25) is 10.3 Å². The van der Waals surface area contributed by atoms with E-state index in [0.717, 1.165) is 11.3 Å². The van der Waals surface area contributed by atoms with Crippen LogP contribution in [0.3, 0.4) is 0 Å². The van der Waals surface area contributed by atoms with E-state index in [1.807, 2.05) is 7.05 Å². The first-order valence-corrected chi connectivity index (χ1v) is 7.17. The van der Waals surface area contributed by atoms with Gasteiger partial charge in [0.15, 0.2) is 0 Å². The van der Waals surface area contributed by atoms with E-state index in [2.05, 4.69) is 18.1 Å². The highest BCUT2D eigenvalue weighted by Crippen LogP contribution is 2.15. The third-order valence-corrected chi connectivity index (χ3v) is 3.76. The maximum absolute atomic E-state index is 13.2. The Bertz CT molecular complexity index is 423. The average molecular weight is 269 g/mol. The van der Waals surface area contributed by atoms with Gasteiger partial charge in [-0.05, 0) is 37.9 Å². The number of nitrogens with two attached hydrogens (primary N) is 1. The number of hydrogen-bond acceptors (Lipinski definition) is 3. The number of hydrogen-bond donors (Lipinski definition) is 2. The minimum atomic E-state index is -0.358. The van der Waals surface area contributed by atoms with Crippen molar-refractivity contribution in [2.75, 3.05) is 19.1 Å². The van der Waals surface area contributed by atoms with Crippen LogP contribution < -0.4 is 5.73 Å². The van der Waals surface area contributed by atoms with E-state index in [1.54, 1.807) is 17.8 Å². The molecule has 5 heteroatoms. The summed E-state index contributed by atoms with van der Waals surface area (Å²) < 4.78 is 13.2. The maximum atomic E-state index is 13.2. The van der Waals surface area contributed by atoms with Crippen LogP contribution in [0.25, 0.3) is 0 Å². The van der Waals surface area contributed by atoms with Crippen LogP contribution in [0.5, 0.6) is 0 Å². The summed E-state index contributed by atoms with van der Waals surface area (Å²) in [6.07, 6.45) is 2.07. The van der Waals surface area contributed by atoms with Crippen molar-refractivity contribution in [3.63, 3.8) is 0 Å². The zero-order chi connectivity index (χ0) is 13.7. The van der Waals surface area contributed by atoms with E-state index in [4.69, 9.17) is 11.1 Å². The summed E-state index contributed by atoms with van der Waals surface area (Å²) >= 11 is 1.79. The molecule has 0 fully saturated rings. The second-order valence-electron chi connectivity index (χ2n) is 4.43. The lowest BCUT2D eigenvalue weighted by atomic mass is 10.1. The van der Waals surface area contributed by atoms with Crippen molar-refractivity contribution in [2.24, 2.45) is 5.73 Å². The fourth-order valence-electron chi connectivity index (χ4n) is 1.73. The Balaban J connectivity index is 2.87. The van der Waals surface area contributed by atoms with Gasteiger partial charge in [-0.1, -0.05) is 6.07 Å². The molecular weight excluding hydrogens is 249 g/mol. The number of benzene rings is 1. The smallest absolute Gasteiger partial charge is 0.123 e. The van der Waals surface area contributed by atoms with E-state index in [0.29, 0.717) is 18.2 Å². The summed E-state index contributed by atoms with van der Waals surface area (Å²) in [5, 5.41) is 7.49. The number of nitrogen functional groups attached to an aromatic ring is 1. The van der Waals surface area contributed by atoms with Gasteiger partial charge in [-0.15, -0.1) is 0 Å². The Morgan fingerprint density at radius 2 is 2.22 bits per heavy atom. The molecule has 1 atom stereocenters. The highest BCUT2D eigenvalue weighted by molar-refractivity contribution is 7.98. The van der Waals surface area contributed by atoms with Gasteiger partial charge in [0.05, 0.1) is 0 Å². The van der Waals surface area contributed by atoms with E-state index < -0.39 is 0 Å². The fraction of sp³-hybridized carbons (Fsp3) is 0.462. The first kappa shape index (κ1) is 15.0. The molecule has 3 N–H and O–H groups in total. The topological polar surface area (TPSA) is 53.1 Å². The van der Waals surface area contributed by atoms with Gasteiger partial charge in [0, 0.05) is 23.9 Å². The number of nitrogens with zero attached hydrogens (tertiary/aromatic N) is 1. The van der Waals surface area contributed by atoms with Gasteiger partial charge >= 0.3 is 0 Å². The van der Waals surface area contributed by atoms with Gasteiger partial charge in [0.1, 0.15) is 11.7 Å². The number of thioether (sulfide) groups is 1. The number of halogens is 1. The van der Waals surface area contributed by atoms with Crippen LogP contribution >= 0.6 is 11.8 Å². The van der Waals surface area contributed by atoms with E-state index in [9.17, 15) is 4.39 Å². The van der Waals surface area contributed by atoms with Crippen molar-refractivity contribution in [1.29, 1.82) is 5.41 Å². The molecule has 100 valence electrons. The standard InChI is InChI=1S/C13H20FN3S/c1-9(8-18-3)17(2)7-10-4-5-11(14)6-12(10)13(15)16/h4-6,9H,7-8H2,1-3H3,(H3,15,16). The van der Waals surface area contributed by atoms with E-state index in [1.165, 1.54) is 12.1 Å². The summed E-state index contributed by atoms with van der Waals surface area (Å²) in [5.74, 6) is 0.590. The van der Waals surface area contributed by atoms with Crippen molar-refractivity contribution in [1.82, 2.24) is 4.90 Å². The molecule has 0 aromatic heterocycles. The molecule has 0 saturated heterocycles. The fourth-order valence-corrected chi connectivity index (χ4v) is 2.47. The third-order valence-electron chi connectivity index (χ3n) is 2.94. The summed E-state index contributed by atoms with van der Waals surface area (Å²) in [6, 6.07) is 4.86. The molecule has 0 aliphatic rings. The van der Waals surface area contributed by atoms with Crippen molar-refractivity contribution in [3.8, 4) is 0 Å². The van der Waals surface area contributed by atoms with Crippen molar-refractivity contribution >= 4 is 17.6 Å². The first-order chi connectivity index (χ1) is 8.45. The molecule has 0 amide bonds. The number of nitrogens with one attached hydrogen (secondary N) is 1. The molecule has 0 spiro atoms. The lowest BCUT2D eigenvalue weighted by Crippen LogP contribution is -2.31. The predicted octanol–water partition coefficient (Wildman–Crippen LogP) is 2.29. The van der Waals surface area contributed by atoms with Crippen LogP contribution in [-0.2, 0) is 6.54 Å². The van der Waals surface area contributed by atoms with Crippen LogP contribution in [0.4, 0.5) is 4.39 Å². The monoisotopic (exact) mass is 269 g/mol. The molecular formula is C13H20FN3S.